The molecule has 0 aromatic carbocycles. The maximum absolute atomic E-state index is 12.1. The zero-order chi connectivity index (χ0) is 12.7. The van der Waals surface area contributed by atoms with Crippen molar-refractivity contribution in [2.75, 3.05) is 33.4 Å². The standard InChI is InChI=1S/C12H20N2O3/c1-10-8-11(9-17-10)12(15)14(5-3-4-13)6-7-16-2/h8-9H,3-7,13H2,1-2H3. The fourth-order valence-corrected chi connectivity index (χ4v) is 1.54. The van der Waals surface area contributed by atoms with Crippen molar-refractivity contribution in [2.24, 2.45) is 5.73 Å². The molecule has 0 aliphatic heterocycles. The number of rotatable bonds is 7. The van der Waals surface area contributed by atoms with Crippen molar-refractivity contribution in [2.45, 2.75) is 13.3 Å². The number of aryl methyl sites for hydroxylation is 1. The van der Waals surface area contributed by atoms with Gasteiger partial charge in [0, 0.05) is 20.2 Å². The Kier molecular flexibility index (Phi) is 5.72. The molecule has 0 saturated heterocycles. The van der Waals surface area contributed by atoms with Crippen LogP contribution in [-0.4, -0.2) is 44.2 Å². The number of carbonyl (C=O) groups excluding carboxylic acids is 1. The largest absolute Gasteiger partial charge is 0.469 e. The summed E-state index contributed by atoms with van der Waals surface area (Å²) in [6, 6.07) is 1.74. The molecule has 0 atom stereocenters. The third-order valence-electron chi connectivity index (χ3n) is 2.46. The third kappa shape index (κ3) is 4.20. The van der Waals surface area contributed by atoms with Crippen molar-refractivity contribution in [3.05, 3.63) is 23.7 Å². The predicted octanol–water partition coefficient (Wildman–Crippen LogP) is 1.03. The zero-order valence-electron chi connectivity index (χ0n) is 10.4. The number of nitrogens with two attached hydrogens (primary N) is 1. The highest BCUT2D eigenvalue weighted by Crippen LogP contribution is 2.10. The lowest BCUT2D eigenvalue weighted by atomic mass is 10.2. The number of methoxy groups -OCH3 is 1. The maximum Gasteiger partial charge on any atom is 0.257 e. The van der Waals surface area contributed by atoms with E-state index in [-0.39, 0.29) is 5.91 Å². The SMILES string of the molecule is COCCN(CCCN)C(=O)c1coc(C)c1. The summed E-state index contributed by atoms with van der Waals surface area (Å²) in [6.07, 6.45) is 2.27. The lowest BCUT2D eigenvalue weighted by Crippen LogP contribution is -2.35. The van der Waals surface area contributed by atoms with Crippen LogP contribution in [0.15, 0.2) is 16.7 Å². The number of ether oxygens (including phenoxy) is 1. The number of nitrogens with zero attached hydrogens (tertiary/aromatic N) is 1. The molecule has 1 rings (SSSR count). The minimum Gasteiger partial charge on any atom is -0.469 e. The van der Waals surface area contributed by atoms with Gasteiger partial charge in [0.25, 0.3) is 5.91 Å². The van der Waals surface area contributed by atoms with Crippen molar-refractivity contribution in [1.29, 1.82) is 0 Å². The summed E-state index contributed by atoms with van der Waals surface area (Å²) in [5.74, 6) is 0.700. The summed E-state index contributed by atoms with van der Waals surface area (Å²) in [5, 5.41) is 0. The smallest absolute Gasteiger partial charge is 0.257 e. The van der Waals surface area contributed by atoms with Gasteiger partial charge in [-0.25, -0.2) is 0 Å². The Labute approximate surface area is 102 Å². The molecule has 0 aliphatic rings. The minimum atomic E-state index is -0.0349. The Morgan fingerprint density at radius 2 is 2.29 bits per heavy atom. The summed E-state index contributed by atoms with van der Waals surface area (Å²) >= 11 is 0. The highest BCUT2D eigenvalue weighted by Gasteiger charge is 2.16. The molecule has 2 N–H and O–H groups in total. The molecule has 1 aromatic heterocycles. The Morgan fingerprint density at radius 3 is 2.82 bits per heavy atom. The summed E-state index contributed by atoms with van der Waals surface area (Å²) in [5.41, 5.74) is 6.04. The van der Waals surface area contributed by atoms with Crippen molar-refractivity contribution in [1.82, 2.24) is 4.90 Å². The van der Waals surface area contributed by atoms with Gasteiger partial charge in [0.05, 0.1) is 12.2 Å². The molecule has 0 bridgehead atoms. The summed E-state index contributed by atoms with van der Waals surface area (Å²) in [4.78, 5) is 13.9. The average Bonchev–Trinajstić information content (AvgIpc) is 2.75. The van der Waals surface area contributed by atoms with Gasteiger partial charge < -0.3 is 19.8 Å². The van der Waals surface area contributed by atoms with E-state index < -0.39 is 0 Å². The Morgan fingerprint density at radius 1 is 1.53 bits per heavy atom. The Hall–Kier alpha value is -1.33. The zero-order valence-corrected chi connectivity index (χ0v) is 10.4. The molecule has 0 aliphatic carbocycles. The number of hydrogen-bond donors (Lipinski definition) is 1. The first-order valence-corrected chi connectivity index (χ1v) is 5.72. The molecule has 0 radical (unpaired) electrons. The average molecular weight is 240 g/mol. The van der Waals surface area contributed by atoms with Gasteiger partial charge >= 0.3 is 0 Å². The van der Waals surface area contributed by atoms with Gasteiger partial charge in [-0.15, -0.1) is 0 Å². The van der Waals surface area contributed by atoms with Crippen molar-refractivity contribution < 1.29 is 13.9 Å². The highest BCUT2D eigenvalue weighted by atomic mass is 16.5. The van der Waals surface area contributed by atoms with Gasteiger partial charge in [0.1, 0.15) is 12.0 Å². The highest BCUT2D eigenvalue weighted by molar-refractivity contribution is 5.94. The van der Waals surface area contributed by atoms with Gasteiger partial charge in [-0.1, -0.05) is 0 Å². The van der Waals surface area contributed by atoms with Gasteiger partial charge in [0.15, 0.2) is 0 Å². The first-order valence-electron chi connectivity index (χ1n) is 5.72. The Balaban J connectivity index is 2.64. The second-order valence-electron chi connectivity index (χ2n) is 3.87. The van der Waals surface area contributed by atoms with E-state index in [0.29, 0.717) is 31.8 Å². The van der Waals surface area contributed by atoms with Gasteiger partial charge in [-0.3, -0.25) is 4.79 Å². The van der Waals surface area contributed by atoms with Crippen LogP contribution in [0.1, 0.15) is 22.5 Å². The normalized spacial score (nSPS) is 10.5. The molecular formula is C12H20N2O3. The van der Waals surface area contributed by atoms with E-state index in [9.17, 15) is 4.79 Å². The van der Waals surface area contributed by atoms with Crippen molar-refractivity contribution in [3.63, 3.8) is 0 Å². The van der Waals surface area contributed by atoms with E-state index in [4.69, 9.17) is 14.9 Å². The molecule has 1 aromatic rings. The molecule has 96 valence electrons. The fourth-order valence-electron chi connectivity index (χ4n) is 1.54. The monoisotopic (exact) mass is 240 g/mol. The molecule has 1 amide bonds. The van der Waals surface area contributed by atoms with Crippen LogP contribution in [0.2, 0.25) is 0 Å². The molecule has 0 unspecified atom stereocenters. The predicted molar refractivity (Wildman–Crippen MR) is 64.9 cm³/mol. The first-order chi connectivity index (χ1) is 8.19. The van der Waals surface area contributed by atoms with Gasteiger partial charge in [0.2, 0.25) is 0 Å². The van der Waals surface area contributed by atoms with Crippen LogP contribution in [0.5, 0.6) is 0 Å². The molecular weight excluding hydrogens is 220 g/mol. The lowest BCUT2D eigenvalue weighted by molar-refractivity contribution is 0.0694. The van der Waals surface area contributed by atoms with Crippen LogP contribution in [0.4, 0.5) is 0 Å². The quantitative estimate of drug-likeness (QED) is 0.772. The van der Waals surface area contributed by atoms with Gasteiger partial charge in [-0.05, 0) is 26.0 Å². The molecule has 5 heteroatoms. The van der Waals surface area contributed by atoms with E-state index in [2.05, 4.69) is 0 Å². The molecule has 1 heterocycles. The first kappa shape index (κ1) is 13.7. The molecule has 0 saturated carbocycles. The molecule has 0 spiro atoms. The van der Waals surface area contributed by atoms with Crippen LogP contribution in [0.25, 0.3) is 0 Å². The fraction of sp³-hybridized carbons (Fsp3) is 0.583. The van der Waals surface area contributed by atoms with Crippen LogP contribution in [-0.2, 0) is 4.74 Å². The number of carbonyl (C=O) groups is 1. The van der Waals surface area contributed by atoms with Crippen LogP contribution >= 0.6 is 0 Å². The number of hydrogen-bond acceptors (Lipinski definition) is 4. The van der Waals surface area contributed by atoms with E-state index in [1.165, 1.54) is 6.26 Å². The summed E-state index contributed by atoms with van der Waals surface area (Å²) in [7, 11) is 1.62. The van der Waals surface area contributed by atoms with Gasteiger partial charge in [-0.2, -0.15) is 0 Å². The van der Waals surface area contributed by atoms with Crippen molar-refractivity contribution >= 4 is 5.91 Å². The molecule has 5 nitrogen and oxygen atoms in total. The second-order valence-corrected chi connectivity index (χ2v) is 3.87. The van der Waals surface area contributed by atoms with E-state index >= 15 is 0 Å². The second kappa shape index (κ2) is 7.09. The Bertz CT molecular complexity index is 341. The summed E-state index contributed by atoms with van der Waals surface area (Å²) in [6.45, 7) is 4.12. The van der Waals surface area contributed by atoms with Crippen LogP contribution in [0.3, 0.4) is 0 Å². The van der Waals surface area contributed by atoms with E-state index in [0.717, 1.165) is 12.2 Å². The topological polar surface area (TPSA) is 68.7 Å². The number of amides is 1. The third-order valence-corrected chi connectivity index (χ3v) is 2.46. The molecule has 0 fully saturated rings. The lowest BCUT2D eigenvalue weighted by Gasteiger charge is -2.21. The van der Waals surface area contributed by atoms with Crippen LogP contribution in [0, 0.1) is 6.92 Å². The van der Waals surface area contributed by atoms with Crippen molar-refractivity contribution in [3.8, 4) is 0 Å². The van der Waals surface area contributed by atoms with E-state index in [1.807, 2.05) is 6.92 Å². The number of furan rings is 1. The van der Waals surface area contributed by atoms with Crippen LogP contribution < -0.4 is 5.73 Å². The minimum absolute atomic E-state index is 0.0349. The van der Waals surface area contributed by atoms with E-state index in [1.54, 1.807) is 18.1 Å². The maximum atomic E-state index is 12.1. The summed E-state index contributed by atoms with van der Waals surface area (Å²) < 4.78 is 10.1. The molecule has 17 heavy (non-hydrogen) atoms.